The van der Waals surface area contributed by atoms with Gasteiger partial charge in [-0.15, -0.1) is 0 Å². The lowest BCUT2D eigenvalue weighted by molar-refractivity contribution is -0.123. The molecule has 198 valence electrons. The molecule has 1 fully saturated rings. The standard InChI is InChI=1S/C27H53N5O2/c1-3-5-16-23(26(28)33)18-19-24(12-4-2)32-27(34)25(17-9-10-21-31-29)30-20-11-15-22-13-7-6-8-14-22/h18-19,22-25,30-31H,3-17,20-21,29H2,1-2H3,(H2,28,33)(H,32,34)/b19-18+/t23-,24+,25+/m1/s1. The number of unbranched alkanes of at least 4 members (excludes halogenated alkanes) is 2. The van der Waals surface area contributed by atoms with Crippen LogP contribution in [0.1, 0.15) is 110 Å². The van der Waals surface area contributed by atoms with Crippen LogP contribution in [-0.2, 0) is 9.59 Å². The third kappa shape index (κ3) is 14.1. The molecule has 0 bridgehead atoms. The van der Waals surface area contributed by atoms with E-state index in [1.165, 1.54) is 38.5 Å². The maximum Gasteiger partial charge on any atom is 0.237 e. The van der Waals surface area contributed by atoms with Crippen molar-refractivity contribution >= 4 is 11.8 Å². The molecule has 2 amide bonds. The highest BCUT2D eigenvalue weighted by atomic mass is 16.2. The topological polar surface area (TPSA) is 122 Å². The van der Waals surface area contributed by atoms with Gasteiger partial charge in [-0.2, -0.15) is 0 Å². The Morgan fingerprint density at radius 3 is 2.32 bits per heavy atom. The average Bonchev–Trinajstić information content (AvgIpc) is 2.83. The van der Waals surface area contributed by atoms with Crippen LogP contribution in [-0.4, -0.2) is 37.0 Å². The van der Waals surface area contributed by atoms with Crippen LogP contribution in [0.25, 0.3) is 0 Å². The second kappa shape index (κ2) is 19.8. The van der Waals surface area contributed by atoms with E-state index in [9.17, 15) is 9.59 Å². The Morgan fingerprint density at radius 2 is 1.68 bits per heavy atom. The summed E-state index contributed by atoms with van der Waals surface area (Å²) in [6.45, 7) is 5.84. The molecule has 1 aliphatic carbocycles. The molecule has 0 saturated heterocycles. The van der Waals surface area contributed by atoms with Crippen LogP contribution in [0, 0.1) is 11.8 Å². The van der Waals surface area contributed by atoms with Crippen LogP contribution in [0.4, 0.5) is 0 Å². The summed E-state index contributed by atoms with van der Waals surface area (Å²) in [6.07, 6.45) is 20.3. The monoisotopic (exact) mass is 479 g/mol. The molecular formula is C27H53N5O2. The number of hydrogen-bond donors (Lipinski definition) is 5. The smallest absolute Gasteiger partial charge is 0.237 e. The number of nitrogens with one attached hydrogen (secondary N) is 3. The van der Waals surface area contributed by atoms with Crippen molar-refractivity contribution in [2.75, 3.05) is 13.1 Å². The predicted octanol–water partition coefficient (Wildman–Crippen LogP) is 4.07. The van der Waals surface area contributed by atoms with E-state index in [0.29, 0.717) is 0 Å². The molecule has 7 N–H and O–H groups in total. The van der Waals surface area contributed by atoms with Gasteiger partial charge in [0.1, 0.15) is 0 Å². The molecule has 1 rings (SSSR count). The van der Waals surface area contributed by atoms with Crippen LogP contribution in [0.3, 0.4) is 0 Å². The second-order valence-corrected chi connectivity index (χ2v) is 10.0. The van der Waals surface area contributed by atoms with Gasteiger partial charge < -0.3 is 16.4 Å². The Hall–Kier alpha value is -1.44. The van der Waals surface area contributed by atoms with E-state index in [1.807, 2.05) is 12.2 Å². The van der Waals surface area contributed by atoms with Gasteiger partial charge >= 0.3 is 0 Å². The summed E-state index contributed by atoms with van der Waals surface area (Å²) >= 11 is 0. The zero-order chi connectivity index (χ0) is 25.0. The summed E-state index contributed by atoms with van der Waals surface area (Å²) in [4.78, 5) is 25.0. The number of amides is 2. The Morgan fingerprint density at radius 1 is 0.912 bits per heavy atom. The van der Waals surface area contributed by atoms with Crippen LogP contribution in [0.2, 0.25) is 0 Å². The molecule has 1 aliphatic rings. The average molecular weight is 480 g/mol. The first-order valence-corrected chi connectivity index (χ1v) is 14.0. The van der Waals surface area contributed by atoms with Crippen molar-refractivity contribution in [3.8, 4) is 0 Å². The fourth-order valence-corrected chi connectivity index (χ4v) is 4.88. The van der Waals surface area contributed by atoms with E-state index in [1.54, 1.807) is 0 Å². The molecule has 0 spiro atoms. The summed E-state index contributed by atoms with van der Waals surface area (Å²) < 4.78 is 0. The highest BCUT2D eigenvalue weighted by Crippen LogP contribution is 2.27. The highest BCUT2D eigenvalue weighted by Gasteiger charge is 2.21. The van der Waals surface area contributed by atoms with E-state index in [0.717, 1.165) is 76.8 Å². The van der Waals surface area contributed by atoms with Crippen molar-refractivity contribution in [2.45, 2.75) is 122 Å². The largest absolute Gasteiger partial charge is 0.369 e. The molecule has 0 radical (unpaired) electrons. The van der Waals surface area contributed by atoms with Crippen LogP contribution < -0.4 is 27.6 Å². The SMILES string of the molecule is CCCC[C@H](/C=C/[C@H](CCC)NC(=O)[C@H](CCCCNN)NCCCC1CCCCC1)C(N)=O. The Bertz CT molecular complexity index is 563. The number of primary amides is 1. The van der Waals surface area contributed by atoms with Crippen molar-refractivity contribution in [3.63, 3.8) is 0 Å². The molecule has 0 aromatic carbocycles. The van der Waals surface area contributed by atoms with Crippen molar-refractivity contribution in [2.24, 2.45) is 23.4 Å². The summed E-state index contributed by atoms with van der Waals surface area (Å²) in [5.41, 5.74) is 8.28. The molecule has 7 nitrogen and oxygen atoms in total. The first-order valence-electron chi connectivity index (χ1n) is 14.0. The van der Waals surface area contributed by atoms with Crippen LogP contribution >= 0.6 is 0 Å². The van der Waals surface area contributed by atoms with E-state index < -0.39 is 0 Å². The van der Waals surface area contributed by atoms with Gasteiger partial charge in [0, 0.05) is 12.6 Å². The lowest BCUT2D eigenvalue weighted by Crippen LogP contribution is -2.47. The normalized spacial score (nSPS) is 17.5. The number of hydrazine groups is 1. The Balaban J connectivity index is 2.64. The fourth-order valence-electron chi connectivity index (χ4n) is 4.88. The molecule has 3 atom stereocenters. The van der Waals surface area contributed by atoms with Gasteiger partial charge in [0.25, 0.3) is 0 Å². The summed E-state index contributed by atoms with van der Waals surface area (Å²) in [6, 6.07) is -0.290. The molecule has 0 aromatic heterocycles. The van der Waals surface area contributed by atoms with Crippen molar-refractivity contribution in [1.29, 1.82) is 0 Å². The van der Waals surface area contributed by atoms with Gasteiger partial charge in [0.05, 0.1) is 12.0 Å². The van der Waals surface area contributed by atoms with E-state index in [4.69, 9.17) is 11.6 Å². The third-order valence-electron chi connectivity index (χ3n) is 7.02. The summed E-state index contributed by atoms with van der Waals surface area (Å²) in [5.74, 6) is 5.74. The van der Waals surface area contributed by atoms with E-state index in [-0.39, 0.29) is 29.8 Å². The molecule has 7 heteroatoms. The molecule has 1 saturated carbocycles. The minimum atomic E-state index is -0.294. The zero-order valence-electron chi connectivity index (χ0n) is 22.0. The van der Waals surface area contributed by atoms with Crippen molar-refractivity contribution in [1.82, 2.24) is 16.1 Å². The first-order chi connectivity index (χ1) is 16.5. The summed E-state index contributed by atoms with van der Waals surface area (Å²) in [7, 11) is 0. The van der Waals surface area contributed by atoms with Crippen LogP contribution in [0.5, 0.6) is 0 Å². The number of carbonyl (C=O) groups excluding carboxylic acids is 2. The predicted molar refractivity (Wildman–Crippen MR) is 142 cm³/mol. The third-order valence-corrected chi connectivity index (χ3v) is 7.02. The maximum absolute atomic E-state index is 13.2. The number of nitrogens with two attached hydrogens (primary N) is 2. The minimum Gasteiger partial charge on any atom is -0.369 e. The summed E-state index contributed by atoms with van der Waals surface area (Å²) in [5, 5.41) is 6.75. The van der Waals surface area contributed by atoms with Crippen LogP contribution in [0.15, 0.2) is 12.2 Å². The maximum atomic E-state index is 13.2. The second-order valence-electron chi connectivity index (χ2n) is 10.0. The van der Waals surface area contributed by atoms with Gasteiger partial charge in [0.15, 0.2) is 0 Å². The van der Waals surface area contributed by atoms with E-state index in [2.05, 4.69) is 29.9 Å². The molecule has 0 aromatic rings. The Labute approximate surface area is 208 Å². The van der Waals surface area contributed by atoms with Gasteiger partial charge in [-0.05, 0) is 51.0 Å². The van der Waals surface area contributed by atoms with Gasteiger partial charge in [0.2, 0.25) is 11.8 Å². The molecule has 0 unspecified atom stereocenters. The Kier molecular flexibility index (Phi) is 17.8. The first kappa shape index (κ1) is 30.6. The molecule has 34 heavy (non-hydrogen) atoms. The zero-order valence-corrected chi connectivity index (χ0v) is 22.0. The fraction of sp³-hybridized carbons (Fsp3) is 0.852. The van der Waals surface area contributed by atoms with Crippen molar-refractivity contribution in [3.05, 3.63) is 12.2 Å². The van der Waals surface area contributed by atoms with Gasteiger partial charge in [-0.1, -0.05) is 83.8 Å². The molecule has 0 aliphatic heterocycles. The van der Waals surface area contributed by atoms with Gasteiger partial charge in [-0.25, -0.2) is 0 Å². The number of carbonyl (C=O) groups is 2. The van der Waals surface area contributed by atoms with Crippen molar-refractivity contribution < 1.29 is 9.59 Å². The highest BCUT2D eigenvalue weighted by molar-refractivity contribution is 5.82. The lowest BCUT2D eigenvalue weighted by atomic mass is 9.86. The minimum absolute atomic E-state index is 0.0469. The molecule has 0 heterocycles. The molecular weight excluding hydrogens is 426 g/mol. The van der Waals surface area contributed by atoms with E-state index >= 15 is 0 Å². The lowest BCUT2D eigenvalue weighted by Gasteiger charge is -2.24. The van der Waals surface area contributed by atoms with Gasteiger partial charge in [-0.3, -0.25) is 20.9 Å². The number of hydrogen-bond acceptors (Lipinski definition) is 5. The number of rotatable bonds is 20. The quantitative estimate of drug-likeness (QED) is 0.0779.